The zero-order chi connectivity index (χ0) is 15.6. The number of anilines is 2. The molecular weight excluding hydrogens is 310 g/mol. The summed E-state index contributed by atoms with van der Waals surface area (Å²) in [6.07, 6.45) is 8.47. The van der Waals surface area contributed by atoms with Gasteiger partial charge >= 0.3 is 0 Å². The van der Waals surface area contributed by atoms with Gasteiger partial charge in [0.1, 0.15) is 0 Å². The number of rotatable bonds is 4. The van der Waals surface area contributed by atoms with Gasteiger partial charge in [-0.15, -0.1) is 11.3 Å². The maximum absolute atomic E-state index is 4.69. The van der Waals surface area contributed by atoms with E-state index in [9.17, 15) is 0 Å². The SMILES string of the molecule is Cn1cc(-c2ccnc(N3CCC(Nc4nccs4)C3)n2)cn1. The molecule has 0 saturated carbocycles. The minimum atomic E-state index is 0.381. The second kappa shape index (κ2) is 5.96. The largest absolute Gasteiger partial charge is 0.357 e. The van der Waals surface area contributed by atoms with Crippen LogP contribution in [0.3, 0.4) is 0 Å². The van der Waals surface area contributed by atoms with E-state index < -0.39 is 0 Å². The van der Waals surface area contributed by atoms with Gasteiger partial charge in [0.25, 0.3) is 0 Å². The third-order valence-electron chi connectivity index (χ3n) is 3.87. The average Bonchev–Trinajstić information content (AvgIpc) is 3.30. The van der Waals surface area contributed by atoms with Crippen LogP contribution < -0.4 is 10.2 Å². The smallest absolute Gasteiger partial charge is 0.225 e. The standard InChI is InChI=1S/C15H17N7S/c1-21-9-11(8-18-21)13-2-4-16-14(20-13)22-6-3-12(10-22)19-15-17-5-7-23-15/h2,4-5,7-9,12H,3,6,10H2,1H3,(H,17,19). The molecule has 23 heavy (non-hydrogen) atoms. The zero-order valence-corrected chi connectivity index (χ0v) is 13.6. The third-order valence-corrected chi connectivity index (χ3v) is 4.58. The Labute approximate surface area is 138 Å². The molecule has 3 aromatic heterocycles. The molecule has 0 spiro atoms. The van der Waals surface area contributed by atoms with Crippen LogP contribution in [0.15, 0.2) is 36.2 Å². The fourth-order valence-electron chi connectivity index (χ4n) is 2.74. The van der Waals surface area contributed by atoms with E-state index in [2.05, 4.69) is 25.3 Å². The molecule has 4 heterocycles. The van der Waals surface area contributed by atoms with Crippen LogP contribution in [-0.2, 0) is 7.05 Å². The number of thiazole rings is 1. The van der Waals surface area contributed by atoms with Crippen molar-refractivity contribution >= 4 is 22.4 Å². The monoisotopic (exact) mass is 327 g/mol. The van der Waals surface area contributed by atoms with E-state index in [1.807, 2.05) is 43.3 Å². The van der Waals surface area contributed by atoms with Crippen LogP contribution >= 0.6 is 11.3 Å². The van der Waals surface area contributed by atoms with Crippen molar-refractivity contribution in [3.63, 3.8) is 0 Å². The molecule has 0 amide bonds. The van der Waals surface area contributed by atoms with Gasteiger partial charge in [-0.05, 0) is 12.5 Å². The number of hydrogen-bond donors (Lipinski definition) is 1. The molecule has 1 aliphatic rings. The Morgan fingerprint density at radius 1 is 1.30 bits per heavy atom. The molecule has 1 fully saturated rings. The summed E-state index contributed by atoms with van der Waals surface area (Å²) in [5, 5.41) is 10.6. The molecule has 0 bridgehead atoms. The van der Waals surface area contributed by atoms with E-state index in [4.69, 9.17) is 4.98 Å². The molecule has 1 atom stereocenters. The van der Waals surface area contributed by atoms with Crippen LogP contribution in [0.5, 0.6) is 0 Å². The number of nitrogens with one attached hydrogen (secondary N) is 1. The van der Waals surface area contributed by atoms with E-state index in [1.165, 1.54) is 0 Å². The summed E-state index contributed by atoms with van der Waals surface area (Å²) in [6, 6.07) is 2.30. The van der Waals surface area contributed by atoms with Crippen LogP contribution in [-0.4, -0.2) is 43.9 Å². The highest BCUT2D eigenvalue weighted by Gasteiger charge is 2.25. The first-order valence-electron chi connectivity index (χ1n) is 7.51. The summed E-state index contributed by atoms with van der Waals surface area (Å²) < 4.78 is 1.78. The fourth-order valence-corrected chi connectivity index (χ4v) is 3.35. The average molecular weight is 327 g/mol. The molecule has 118 valence electrons. The summed E-state index contributed by atoms with van der Waals surface area (Å²) in [5.74, 6) is 0.773. The molecule has 0 aromatic carbocycles. The van der Waals surface area contributed by atoms with E-state index in [0.717, 1.165) is 41.8 Å². The molecular formula is C15H17N7S. The first-order chi connectivity index (χ1) is 11.3. The molecule has 0 aliphatic carbocycles. The maximum Gasteiger partial charge on any atom is 0.225 e. The Morgan fingerprint density at radius 3 is 3.04 bits per heavy atom. The van der Waals surface area contributed by atoms with Crippen molar-refractivity contribution in [3.8, 4) is 11.3 Å². The molecule has 8 heteroatoms. The molecule has 1 N–H and O–H groups in total. The minimum Gasteiger partial charge on any atom is -0.357 e. The Balaban J connectivity index is 1.48. The Kier molecular flexibility index (Phi) is 3.66. The van der Waals surface area contributed by atoms with Crippen molar-refractivity contribution < 1.29 is 0 Å². The summed E-state index contributed by atoms with van der Waals surface area (Å²) in [6.45, 7) is 1.83. The zero-order valence-electron chi connectivity index (χ0n) is 12.8. The molecule has 0 radical (unpaired) electrons. The quantitative estimate of drug-likeness (QED) is 0.790. The molecule has 1 aliphatic heterocycles. The Morgan fingerprint density at radius 2 is 2.26 bits per heavy atom. The van der Waals surface area contributed by atoms with E-state index in [-0.39, 0.29) is 0 Å². The van der Waals surface area contributed by atoms with Crippen molar-refractivity contribution in [2.45, 2.75) is 12.5 Å². The number of aromatic nitrogens is 5. The molecule has 1 unspecified atom stereocenters. The van der Waals surface area contributed by atoms with E-state index in [0.29, 0.717) is 6.04 Å². The highest BCUT2D eigenvalue weighted by atomic mass is 32.1. The van der Waals surface area contributed by atoms with Gasteiger partial charge in [-0.2, -0.15) is 5.10 Å². The van der Waals surface area contributed by atoms with Crippen molar-refractivity contribution in [3.05, 3.63) is 36.2 Å². The highest BCUT2D eigenvalue weighted by molar-refractivity contribution is 7.13. The number of nitrogens with zero attached hydrogens (tertiary/aromatic N) is 6. The lowest BCUT2D eigenvalue weighted by Crippen LogP contribution is -2.27. The first-order valence-corrected chi connectivity index (χ1v) is 8.39. The summed E-state index contributed by atoms with van der Waals surface area (Å²) in [5.41, 5.74) is 1.91. The van der Waals surface area contributed by atoms with Crippen LogP contribution in [0.4, 0.5) is 11.1 Å². The van der Waals surface area contributed by atoms with Gasteiger partial charge in [0.05, 0.1) is 11.9 Å². The lowest BCUT2D eigenvalue weighted by atomic mass is 10.2. The maximum atomic E-state index is 4.69. The lowest BCUT2D eigenvalue weighted by Gasteiger charge is -2.17. The van der Waals surface area contributed by atoms with Gasteiger partial charge in [-0.1, -0.05) is 0 Å². The Hall–Kier alpha value is -2.48. The van der Waals surface area contributed by atoms with Gasteiger partial charge in [-0.25, -0.2) is 15.0 Å². The summed E-state index contributed by atoms with van der Waals surface area (Å²) in [7, 11) is 1.90. The fraction of sp³-hybridized carbons (Fsp3) is 0.333. The second-order valence-corrected chi connectivity index (χ2v) is 6.45. The van der Waals surface area contributed by atoms with E-state index >= 15 is 0 Å². The molecule has 3 aromatic rings. The normalized spacial score (nSPS) is 17.6. The van der Waals surface area contributed by atoms with Crippen LogP contribution in [0.2, 0.25) is 0 Å². The van der Waals surface area contributed by atoms with Gasteiger partial charge < -0.3 is 10.2 Å². The van der Waals surface area contributed by atoms with Gasteiger partial charge in [-0.3, -0.25) is 4.68 Å². The van der Waals surface area contributed by atoms with Crippen molar-refractivity contribution in [2.24, 2.45) is 7.05 Å². The molecule has 7 nitrogen and oxygen atoms in total. The van der Waals surface area contributed by atoms with Crippen molar-refractivity contribution in [1.82, 2.24) is 24.7 Å². The second-order valence-electron chi connectivity index (χ2n) is 5.56. The topological polar surface area (TPSA) is 71.8 Å². The van der Waals surface area contributed by atoms with Gasteiger partial charge in [0, 0.05) is 55.7 Å². The summed E-state index contributed by atoms with van der Waals surface area (Å²) in [4.78, 5) is 15.6. The van der Waals surface area contributed by atoms with Crippen LogP contribution in [0, 0.1) is 0 Å². The van der Waals surface area contributed by atoms with Crippen LogP contribution in [0.1, 0.15) is 6.42 Å². The Bertz CT molecular complexity index is 783. The number of aryl methyl sites for hydroxylation is 1. The molecule has 1 saturated heterocycles. The van der Waals surface area contributed by atoms with Gasteiger partial charge in [0.15, 0.2) is 5.13 Å². The predicted molar refractivity (Wildman–Crippen MR) is 90.6 cm³/mol. The van der Waals surface area contributed by atoms with Crippen LogP contribution in [0.25, 0.3) is 11.3 Å². The highest BCUT2D eigenvalue weighted by Crippen LogP contribution is 2.23. The predicted octanol–water partition coefficient (Wildman–Crippen LogP) is 2.02. The summed E-state index contributed by atoms with van der Waals surface area (Å²) >= 11 is 1.63. The molecule has 4 rings (SSSR count). The van der Waals surface area contributed by atoms with E-state index in [1.54, 1.807) is 16.0 Å². The number of hydrogen-bond acceptors (Lipinski definition) is 7. The van der Waals surface area contributed by atoms with Gasteiger partial charge in [0.2, 0.25) is 5.95 Å². The first kappa shape index (κ1) is 14.1. The van der Waals surface area contributed by atoms with Crippen molar-refractivity contribution in [2.75, 3.05) is 23.3 Å². The lowest BCUT2D eigenvalue weighted by molar-refractivity contribution is 0.768. The third kappa shape index (κ3) is 3.02. The minimum absolute atomic E-state index is 0.381. The van der Waals surface area contributed by atoms with Crippen molar-refractivity contribution in [1.29, 1.82) is 0 Å².